The molecule has 0 aliphatic heterocycles. The van der Waals surface area contributed by atoms with Crippen molar-refractivity contribution in [3.8, 4) is 0 Å². The Kier molecular flexibility index (Phi) is 4.66. The minimum Gasteiger partial charge on any atom is -0.444 e. The SMILES string of the molecule is Cn1cc(CC(CN)NC(=O)OC(C)(C)C)nn1. The quantitative estimate of drug-likeness (QED) is 0.802. The number of hydrogen-bond acceptors (Lipinski definition) is 5. The van der Waals surface area contributed by atoms with E-state index in [1.54, 1.807) is 17.9 Å². The van der Waals surface area contributed by atoms with Crippen LogP contribution in [0.1, 0.15) is 26.5 Å². The highest BCUT2D eigenvalue weighted by molar-refractivity contribution is 5.68. The van der Waals surface area contributed by atoms with E-state index in [0.717, 1.165) is 5.69 Å². The Hall–Kier alpha value is -1.63. The normalized spacial score (nSPS) is 13.2. The molecular weight excluding hydrogens is 234 g/mol. The Morgan fingerprint density at radius 3 is 2.72 bits per heavy atom. The van der Waals surface area contributed by atoms with Crippen LogP contribution in [-0.2, 0) is 18.2 Å². The Labute approximate surface area is 107 Å². The van der Waals surface area contributed by atoms with Gasteiger partial charge in [0.15, 0.2) is 0 Å². The number of ether oxygens (including phenoxy) is 1. The molecule has 1 rings (SSSR count). The standard InChI is InChI=1S/C11H21N5O2/c1-11(2,3)18-10(17)13-8(6-12)5-9-7-16(4)15-14-9/h7-8H,5-6,12H2,1-4H3,(H,13,17). The van der Waals surface area contributed by atoms with Gasteiger partial charge in [-0.3, -0.25) is 4.68 Å². The number of hydrogen-bond donors (Lipinski definition) is 2. The van der Waals surface area contributed by atoms with E-state index in [9.17, 15) is 4.79 Å². The molecule has 0 saturated carbocycles. The summed E-state index contributed by atoms with van der Waals surface area (Å²) in [6.45, 7) is 5.75. The van der Waals surface area contributed by atoms with Crippen LogP contribution in [-0.4, -0.2) is 39.3 Å². The average molecular weight is 255 g/mol. The van der Waals surface area contributed by atoms with Crippen molar-refractivity contribution in [1.29, 1.82) is 0 Å². The first-order valence-electron chi connectivity index (χ1n) is 5.85. The molecule has 7 nitrogen and oxygen atoms in total. The van der Waals surface area contributed by atoms with Crippen molar-refractivity contribution >= 4 is 6.09 Å². The molecule has 1 atom stereocenters. The molecule has 102 valence electrons. The van der Waals surface area contributed by atoms with Gasteiger partial charge in [0.05, 0.1) is 11.7 Å². The zero-order valence-corrected chi connectivity index (χ0v) is 11.3. The van der Waals surface area contributed by atoms with Gasteiger partial charge in [-0.05, 0) is 20.8 Å². The van der Waals surface area contributed by atoms with E-state index in [2.05, 4.69) is 15.6 Å². The molecule has 1 heterocycles. The number of nitrogens with one attached hydrogen (secondary N) is 1. The summed E-state index contributed by atoms with van der Waals surface area (Å²) in [5.41, 5.74) is 5.88. The number of alkyl carbamates (subject to hydrolysis) is 1. The van der Waals surface area contributed by atoms with Crippen LogP contribution >= 0.6 is 0 Å². The number of rotatable bonds is 4. The number of carbonyl (C=O) groups is 1. The maximum atomic E-state index is 11.6. The van der Waals surface area contributed by atoms with Crippen LogP contribution in [0.2, 0.25) is 0 Å². The zero-order valence-electron chi connectivity index (χ0n) is 11.3. The first kappa shape index (κ1) is 14.4. The number of aromatic nitrogens is 3. The van der Waals surface area contributed by atoms with Gasteiger partial charge in [0.2, 0.25) is 0 Å². The fraction of sp³-hybridized carbons (Fsp3) is 0.727. The lowest BCUT2D eigenvalue weighted by Gasteiger charge is -2.22. The highest BCUT2D eigenvalue weighted by atomic mass is 16.6. The zero-order chi connectivity index (χ0) is 13.8. The lowest BCUT2D eigenvalue weighted by atomic mass is 10.1. The molecule has 0 aliphatic rings. The number of aryl methyl sites for hydroxylation is 1. The Bertz CT molecular complexity index is 396. The number of nitrogens with zero attached hydrogens (tertiary/aromatic N) is 3. The van der Waals surface area contributed by atoms with Crippen LogP contribution in [0.25, 0.3) is 0 Å². The minimum absolute atomic E-state index is 0.212. The first-order chi connectivity index (χ1) is 8.30. The van der Waals surface area contributed by atoms with Crippen LogP contribution in [0.4, 0.5) is 4.79 Å². The maximum Gasteiger partial charge on any atom is 0.407 e. The molecule has 0 fully saturated rings. The van der Waals surface area contributed by atoms with Crippen LogP contribution < -0.4 is 11.1 Å². The minimum atomic E-state index is -0.518. The number of carbonyl (C=O) groups excluding carboxylic acids is 1. The van der Waals surface area contributed by atoms with Gasteiger partial charge in [-0.2, -0.15) is 0 Å². The van der Waals surface area contributed by atoms with Crippen molar-refractivity contribution in [1.82, 2.24) is 20.3 Å². The van der Waals surface area contributed by atoms with Crippen molar-refractivity contribution in [2.75, 3.05) is 6.54 Å². The molecule has 3 N–H and O–H groups in total. The van der Waals surface area contributed by atoms with Crippen molar-refractivity contribution < 1.29 is 9.53 Å². The second kappa shape index (κ2) is 5.81. The summed E-state index contributed by atoms with van der Waals surface area (Å²) in [5.74, 6) is 0. The van der Waals surface area contributed by atoms with Gasteiger partial charge in [-0.25, -0.2) is 4.79 Å². The molecule has 0 radical (unpaired) electrons. The monoisotopic (exact) mass is 255 g/mol. The largest absolute Gasteiger partial charge is 0.444 e. The lowest BCUT2D eigenvalue weighted by Crippen LogP contribution is -2.44. The molecule has 0 saturated heterocycles. The topological polar surface area (TPSA) is 95.1 Å². The predicted octanol–water partition coefficient (Wildman–Crippen LogP) is 0.210. The molecule has 0 bridgehead atoms. The maximum absolute atomic E-state index is 11.6. The third kappa shape index (κ3) is 5.13. The van der Waals surface area contributed by atoms with Gasteiger partial charge in [0.1, 0.15) is 5.60 Å². The van der Waals surface area contributed by atoms with Gasteiger partial charge in [-0.15, -0.1) is 5.10 Å². The first-order valence-corrected chi connectivity index (χ1v) is 5.85. The summed E-state index contributed by atoms with van der Waals surface area (Å²) < 4.78 is 6.77. The molecular formula is C11H21N5O2. The molecule has 1 aromatic heterocycles. The Balaban J connectivity index is 2.49. The van der Waals surface area contributed by atoms with E-state index in [1.807, 2.05) is 20.8 Å². The Morgan fingerprint density at radius 2 is 2.28 bits per heavy atom. The fourth-order valence-electron chi connectivity index (χ4n) is 1.41. The van der Waals surface area contributed by atoms with E-state index in [-0.39, 0.29) is 6.04 Å². The lowest BCUT2D eigenvalue weighted by molar-refractivity contribution is 0.0505. The highest BCUT2D eigenvalue weighted by Gasteiger charge is 2.19. The van der Waals surface area contributed by atoms with Gasteiger partial charge < -0.3 is 15.8 Å². The average Bonchev–Trinajstić information content (AvgIpc) is 2.60. The van der Waals surface area contributed by atoms with Crippen molar-refractivity contribution in [3.05, 3.63) is 11.9 Å². The highest BCUT2D eigenvalue weighted by Crippen LogP contribution is 2.07. The molecule has 0 aliphatic carbocycles. The van der Waals surface area contributed by atoms with Gasteiger partial charge >= 0.3 is 6.09 Å². The smallest absolute Gasteiger partial charge is 0.407 e. The molecule has 1 amide bonds. The summed E-state index contributed by atoms with van der Waals surface area (Å²) in [6, 6.07) is -0.212. The summed E-state index contributed by atoms with van der Waals surface area (Å²) in [5, 5.41) is 10.5. The van der Waals surface area contributed by atoms with Crippen molar-refractivity contribution in [2.24, 2.45) is 12.8 Å². The second-order valence-electron chi connectivity index (χ2n) is 5.17. The number of nitrogens with two attached hydrogens (primary N) is 1. The van der Waals surface area contributed by atoms with E-state index in [0.29, 0.717) is 13.0 Å². The van der Waals surface area contributed by atoms with Crippen LogP contribution in [0.5, 0.6) is 0 Å². The Morgan fingerprint density at radius 1 is 1.61 bits per heavy atom. The molecule has 7 heteroatoms. The summed E-state index contributed by atoms with van der Waals surface area (Å²) in [6.07, 6.45) is 1.85. The van der Waals surface area contributed by atoms with Gasteiger partial charge in [-0.1, -0.05) is 5.21 Å². The fourth-order valence-corrected chi connectivity index (χ4v) is 1.41. The van der Waals surface area contributed by atoms with E-state index >= 15 is 0 Å². The molecule has 1 aromatic rings. The molecule has 0 aromatic carbocycles. The second-order valence-corrected chi connectivity index (χ2v) is 5.17. The van der Waals surface area contributed by atoms with Gasteiger partial charge in [0.25, 0.3) is 0 Å². The third-order valence-corrected chi connectivity index (χ3v) is 2.11. The molecule has 18 heavy (non-hydrogen) atoms. The van der Waals surface area contributed by atoms with E-state index < -0.39 is 11.7 Å². The number of amides is 1. The van der Waals surface area contributed by atoms with Crippen LogP contribution in [0, 0.1) is 0 Å². The van der Waals surface area contributed by atoms with Crippen molar-refractivity contribution in [3.63, 3.8) is 0 Å². The third-order valence-electron chi connectivity index (χ3n) is 2.11. The van der Waals surface area contributed by atoms with Crippen molar-refractivity contribution in [2.45, 2.75) is 38.8 Å². The van der Waals surface area contributed by atoms with Gasteiger partial charge in [0, 0.05) is 26.2 Å². The molecule has 1 unspecified atom stereocenters. The van der Waals surface area contributed by atoms with Crippen LogP contribution in [0.3, 0.4) is 0 Å². The van der Waals surface area contributed by atoms with E-state index in [4.69, 9.17) is 10.5 Å². The summed E-state index contributed by atoms with van der Waals surface area (Å²) in [4.78, 5) is 11.6. The summed E-state index contributed by atoms with van der Waals surface area (Å²) >= 11 is 0. The van der Waals surface area contributed by atoms with Crippen LogP contribution in [0.15, 0.2) is 6.20 Å². The predicted molar refractivity (Wildman–Crippen MR) is 66.9 cm³/mol. The summed E-state index contributed by atoms with van der Waals surface area (Å²) in [7, 11) is 1.79. The van der Waals surface area contributed by atoms with E-state index in [1.165, 1.54) is 0 Å². The molecule has 0 spiro atoms.